The smallest absolute Gasteiger partial charge is 0.307 e. The molecule has 0 unspecified atom stereocenters. The Morgan fingerprint density at radius 1 is 1.07 bits per heavy atom. The number of carboxylic acids is 1. The summed E-state index contributed by atoms with van der Waals surface area (Å²) >= 11 is 0. The maximum Gasteiger partial charge on any atom is 0.307 e. The molecule has 1 N–H and O–H groups in total. The van der Waals surface area contributed by atoms with Crippen molar-refractivity contribution in [3.63, 3.8) is 0 Å². The molecule has 0 radical (unpaired) electrons. The van der Waals surface area contributed by atoms with Crippen molar-refractivity contribution < 1.29 is 23.8 Å². The van der Waals surface area contributed by atoms with Crippen LogP contribution in [0.3, 0.4) is 0 Å². The van der Waals surface area contributed by atoms with Crippen LogP contribution >= 0.6 is 0 Å². The third kappa shape index (κ3) is 3.98. The summed E-state index contributed by atoms with van der Waals surface area (Å²) in [5.41, 5.74) is 2.68. The topological polar surface area (TPSA) is 81.7 Å². The number of ether oxygens (including phenoxy) is 1. The Kier molecular flexibility index (Phi) is 5.39. The largest absolute Gasteiger partial charge is 0.493 e. The van der Waals surface area contributed by atoms with Gasteiger partial charge in [0.2, 0.25) is 0 Å². The Morgan fingerprint density at radius 3 is 2.57 bits per heavy atom. The number of aliphatic carboxylic acids is 1. The zero-order valence-corrected chi connectivity index (χ0v) is 16.5. The van der Waals surface area contributed by atoms with E-state index in [1.165, 1.54) is 0 Å². The van der Waals surface area contributed by atoms with Gasteiger partial charge in [-0.05, 0) is 61.0 Å². The highest BCUT2D eigenvalue weighted by Gasteiger charge is 2.17. The normalized spacial score (nSPS) is 11.0. The van der Waals surface area contributed by atoms with Gasteiger partial charge in [0, 0.05) is 23.1 Å². The molecule has 6 heteroatoms. The van der Waals surface area contributed by atoms with Crippen LogP contribution < -0.4 is 4.74 Å². The predicted octanol–water partition coefficient (Wildman–Crippen LogP) is 4.48. The molecule has 0 spiro atoms. The van der Waals surface area contributed by atoms with Gasteiger partial charge in [0.15, 0.2) is 0 Å². The van der Waals surface area contributed by atoms with Crippen molar-refractivity contribution in [3.05, 3.63) is 89.5 Å². The lowest BCUT2D eigenvalue weighted by atomic mass is 10.1. The predicted molar refractivity (Wildman–Crippen MR) is 112 cm³/mol. The van der Waals surface area contributed by atoms with Crippen LogP contribution in [0.4, 0.5) is 0 Å². The summed E-state index contributed by atoms with van der Waals surface area (Å²) in [4.78, 5) is 24.3. The minimum atomic E-state index is -0.901. The number of carbonyl (C=O) groups is 2. The molecule has 2 aromatic heterocycles. The Bertz CT molecular complexity index is 1190. The number of furan rings is 1. The Morgan fingerprint density at radius 2 is 1.87 bits per heavy atom. The zero-order valence-electron chi connectivity index (χ0n) is 16.5. The van der Waals surface area contributed by atoms with Crippen molar-refractivity contribution in [2.75, 3.05) is 6.61 Å². The fourth-order valence-electron chi connectivity index (χ4n) is 3.56. The van der Waals surface area contributed by atoms with Crippen LogP contribution in [0, 0.1) is 6.92 Å². The molecule has 6 nitrogen and oxygen atoms in total. The highest BCUT2D eigenvalue weighted by molar-refractivity contribution is 6.04. The van der Waals surface area contributed by atoms with E-state index in [0.717, 1.165) is 16.8 Å². The van der Waals surface area contributed by atoms with Gasteiger partial charge in [0.1, 0.15) is 11.5 Å². The summed E-state index contributed by atoms with van der Waals surface area (Å²) in [6, 6.07) is 18.0. The lowest BCUT2D eigenvalue weighted by Gasteiger charge is -2.09. The maximum atomic E-state index is 13.1. The molecule has 0 aliphatic heterocycles. The minimum absolute atomic E-state index is 0.0843. The number of hydrogen-bond donors (Lipinski definition) is 1. The number of rotatable bonds is 7. The highest BCUT2D eigenvalue weighted by atomic mass is 16.5. The van der Waals surface area contributed by atoms with Gasteiger partial charge in [0.05, 0.1) is 24.8 Å². The minimum Gasteiger partial charge on any atom is -0.493 e. The van der Waals surface area contributed by atoms with E-state index in [-0.39, 0.29) is 12.3 Å². The zero-order chi connectivity index (χ0) is 21.1. The van der Waals surface area contributed by atoms with Gasteiger partial charge in [0.25, 0.3) is 5.91 Å². The first-order valence-corrected chi connectivity index (χ1v) is 9.64. The molecule has 0 aliphatic rings. The third-order valence-electron chi connectivity index (χ3n) is 4.96. The first kappa shape index (κ1) is 19.5. The number of aromatic nitrogens is 1. The lowest BCUT2D eigenvalue weighted by molar-refractivity contribution is -0.136. The van der Waals surface area contributed by atoms with Crippen LogP contribution in [0.25, 0.3) is 10.9 Å². The monoisotopic (exact) mass is 403 g/mol. The van der Waals surface area contributed by atoms with E-state index in [4.69, 9.17) is 14.3 Å². The van der Waals surface area contributed by atoms with Crippen LogP contribution in [-0.2, 0) is 17.6 Å². The van der Waals surface area contributed by atoms with Gasteiger partial charge >= 0.3 is 5.97 Å². The van der Waals surface area contributed by atoms with E-state index >= 15 is 0 Å². The summed E-state index contributed by atoms with van der Waals surface area (Å²) in [6.45, 7) is 2.32. The van der Waals surface area contributed by atoms with E-state index in [2.05, 4.69) is 0 Å². The first-order valence-electron chi connectivity index (χ1n) is 9.64. The van der Waals surface area contributed by atoms with Crippen LogP contribution in [0.5, 0.6) is 5.75 Å². The molecule has 30 heavy (non-hydrogen) atoms. The number of hydrogen-bond acceptors (Lipinski definition) is 4. The van der Waals surface area contributed by atoms with Crippen molar-refractivity contribution in [3.8, 4) is 5.75 Å². The average Bonchev–Trinajstić information content (AvgIpc) is 3.35. The van der Waals surface area contributed by atoms with Crippen molar-refractivity contribution in [2.24, 2.45) is 0 Å². The molecular weight excluding hydrogens is 382 g/mol. The number of carboxylic acid groups (broad SMARTS) is 1. The SMILES string of the molecule is Cc1cc2c(CC(=O)O)cccc2n1C(=O)c1ccc(OCCc2ccco2)cc1. The van der Waals surface area contributed by atoms with E-state index < -0.39 is 5.97 Å². The summed E-state index contributed by atoms with van der Waals surface area (Å²) in [7, 11) is 0. The number of carbonyl (C=O) groups excluding carboxylic acids is 1. The quantitative estimate of drug-likeness (QED) is 0.492. The van der Waals surface area contributed by atoms with E-state index in [0.29, 0.717) is 35.4 Å². The molecule has 0 aliphatic carbocycles. The van der Waals surface area contributed by atoms with Gasteiger partial charge in [-0.1, -0.05) is 12.1 Å². The maximum absolute atomic E-state index is 13.1. The van der Waals surface area contributed by atoms with Gasteiger partial charge in [-0.15, -0.1) is 0 Å². The molecule has 2 aromatic carbocycles. The standard InChI is InChI=1S/C24H21NO5/c1-16-14-21-18(15-23(26)27)4-2-6-22(21)25(16)24(28)17-7-9-20(10-8-17)30-13-11-19-5-3-12-29-19/h2-10,12,14H,11,13,15H2,1H3,(H,26,27). The van der Waals surface area contributed by atoms with E-state index in [1.807, 2.05) is 31.2 Å². The molecule has 2 heterocycles. The Balaban J connectivity index is 1.53. The number of benzene rings is 2. The number of nitrogens with zero attached hydrogens (tertiary/aromatic N) is 1. The molecule has 4 rings (SSSR count). The molecule has 0 amide bonds. The Labute approximate surface area is 173 Å². The fourth-order valence-corrected chi connectivity index (χ4v) is 3.56. The van der Waals surface area contributed by atoms with Crippen molar-refractivity contribution in [1.82, 2.24) is 4.57 Å². The van der Waals surface area contributed by atoms with E-state index in [1.54, 1.807) is 47.2 Å². The molecule has 0 bridgehead atoms. The van der Waals surface area contributed by atoms with Crippen LogP contribution in [0.15, 0.2) is 71.3 Å². The number of aryl methyl sites for hydroxylation is 1. The fraction of sp³-hybridized carbons (Fsp3) is 0.167. The molecule has 4 aromatic rings. The number of fused-ring (bicyclic) bond motifs is 1. The van der Waals surface area contributed by atoms with Crippen LogP contribution in [0.1, 0.15) is 27.4 Å². The molecule has 0 saturated carbocycles. The summed E-state index contributed by atoms with van der Waals surface area (Å²) < 4.78 is 12.6. The molecule has 0 atom stereocenters. The van der Waals surface area contributed by atoms with Gasteiger partial charge in [-0.3, -0.25) is 14.2 Å². The van der Waals surface area contributed by atoms with Gasteiger partial charge in [-0.2, -0.15) is 0 Å². The Hall–Kier alpha value is -3.80. The van der Waals surface area contributed by atoms with Crippen molar-refractivity contribution in [2.45, 2.75) is 19.8 Å². The summed E-state index contributed by atoms with van der Waals surface area (Å²) in [6.07, 6.45) is 2.22. The molecule has 0 fully saturated rings. The third-order valence-corrected chi connectivity index (χ3v) is 4.96. The summed E-state index contributed by atoms with van der Waals surface area (Å²) in [5, 5.41) is 9.92. The van der Waals surface area contributed by atoms with Crippen LogP contribution in [-0.4, -0.2) is 28.2 Å². The molecule has 0 saturated heterocycles. The van der Waals surface area contributed by atoms with Gasteiger partial charge < -0.3 is 14.3 Å². The van der Waals surface area contributed by atoms with Crippen molar-refractivity contribution in [1.29, 1.82) is 0 Å². The van der Waals surface area contributed by atoms with Crippen LogP contribution in [0.2, 0.25) is 0 Å². The molecule has 152 valence electrons. The van der Waals surface area contributed by atoms with Gasteiger partial charge in [-0.25, -0.2) is 0 Å². The second kappa shape index (κ2) is 8.29. The van der Waals surface area contributed by atoms with Crippen molar-refractivity contribution >= 4 is 22.8 Å². The second-order valence-electron chi connectivity index (χ2n) is 7.05. The molecular formula is C24H21NO5. The van der Waals surface area contributed by atoms with E-state index in [9.17, 15) is 9.59 Å². The summed E-state index contributed by atoms with van der Waals surface area (Å²) in [5.74, 6) is 0.467. The average molecular weight is 403 g/mol. The first-order chi connectivity index (χ1) is 14.5. The lowest BCUT2D eigenvalue weighted by Crippen LogP contribution is -2.13. The highest BCUT2D eigenvalue weighted by Crippen LogP contribution is 2.25. The second-order valence-corrected chi connectivity index (χ2v) is 7.05.